The van der Waals surface area contributed by atoms with Crippen molar-refractivity contribution in [1.82, 2.24) is 19.9 Å². The van der Waals surface area contributed by atoms with Gasteiger partial charge in [0.25, 0.3) is 0 Å². The molecule has 0 bridgehead atoms. The van der Waals surface area contributed by atoms with Gasteiger partial charge in [-0.25, -0.2) is 0 Å². The monoisotopic (exact) mass is 310 g/mol. The molecule has 4 nitrogen and oxygen atoms in total. The zero-order valence-electron chi connectivity index (χ0n) is 12.9. The molecule has 0 aliphatic carbocycles. The van der Waals surface area contributed by atoms with Gasteiger partial charge in [-0.3, -0.25) is 19.9 Å². The van der Waals surface area contributed by atoms with Crippen LogP contribution >= 0.6 is 0 Å². The van der Waals surface area contributed by atoms with Gasteiger partial charge in [-0.05, 0) is 48.5 Å². The average Bonchev–Trinajstić information content (AvgIpc) is 2.69. The summed E-state index contributed by atoms with van der Waals surface area (Å²) in [7, 11) is 0. The fourth-order valence-electron chi connectivity index (χ4n) is 2.59. The maximum Gasteiger partial charge on any atom is 0.0980 e. The van der Waals surface area contributed by atoms with Gasteiger partial charge in [-0.1, -0.05) is 12.1 Å². The molecule has 0 saturated heterocycles. The van der Waals surface area contributed by atoms with Gasteiger partial charge in [0.15, 0.2) is 0 Å². The predicted octanol–water partition coefficient (Wildman–Crippen LogP) is 4.27. The maximum absolute atomic E-state index is 4.54. The van der Waals surface area contributed by atoms with E-state index in [0.717, 1.165) is 33.9 Å². The smallest absolute Gasteiger partial charge is 0.0980 e. The Hall–Kier alpha value is -3.40. The van der Waals surface area contributed by atoms with Crippen molar-refractivity contribution in [2.24, 2.45) is 0 Å². The first-order chi connectivity index (χ1) is 11.9. The largest absolute Gasteiger partial charge is 0.256 e. The van der Waals surface area contributed by atoms with Gasteiger partial charge in [0, 0.05) is 35.9 Å². The topological polar surface area (TPSA) is 51.6 Å². The number of pyridine rings is 4. The summed E-state index contributed by atoms with van der Waals surface area (Å²) in [4.78, 5) is 17.9. The van der Waals surface area contributed by atoms with Crippen molar-refractivity contribution in [2.45, 2.75) is 0 Å². The SMILES string of the molecule is c1ccc(-c2ccnc(-c3ncccc3-c3ccccn3)c2)nc1. The number of aromatic nitrogens is 4. The Labute approximate surface area is 139 Å². The molecule has 0 fully saturated rings. The zero-order valence-corrected chi connectivity index (χ0v) is 12.9. The van der Waals surface area contributed by atoms with Gasteiger partial charge in [-0.15, -0.1) is 0 Å². The molecule has 0 unspecified atom stereocenters. The lowest BCUT2D eigenvalue weighted by Gasteiger charge is -2.08. The molecule has 0 amide bonds. The summed E-state index contributed by atoms with van der Waals surface area (Å²) in [5.41, 5.74) is 5.39. The summed E-state index contributed by atoms with van der Waals surface area (Å²) in [6.07, 6.45) is 7.13. The van der Waals surface area contributed by atoms with E-state index in [-0.39, 0.29) is 0 Å². The molecule has 0 N–H and O–H groups in total. The summed E-state index contributed by atoms with van der Waals surface area (Å²) < 4.78 is 0. The first-order valence-corrected chi connectivity index (χ1v) is 7.66. The highest BCUT2D eigenvalue weighted by Gasteiger charge is 2.11. The lowest BCUT2D eigenvalue weighted by atomic mass is 10.0. The van der Waals surface area contributed by atoms with Crippen molar-refractivity contribution in [2.75, 3.05) is 0 Å². The number of nitrogens with zero attached hydrogens (tertiary/aromatic N) is 4. The van der Waals surface area contributed by atoms with Crippen molar-refractivity contribution in [1.29, 1.82) is 0 Å². The van der Waals surface area contributed by atoms with Gasteiger partial charge in [0.1, 0.15) is 0 Å². The minimum atomic E-state index is 0.805. The van der Waals surface area contributed by atoms with Crippen LogP contribution in [0.2, 0.25) is 0 Å². The molecule has 0 aliphatic rings. The van der Waals surface area contributed by atoms with Crippen molar-refractivity contribution < 1.29 is 0 Å². The Morgan fingerprint density at radius 1 is 0.500 bits per heavy atom. The van der Waals surface area contributed by atoms with E-state index in [1.165, 1.54) is 0 Å². The highest BCUT2D eigenvalue weighted by molar-refractivity contribution is 5.78. The number of hydrogen-bond donors (Lipinski definition) is 0. The van der Waals surface area contributed by atoms with Crippen LogP contribution in [0, 0.1) is 0 Å². The van der Waals surface area contributed by atoms with E-state index in [0.29, 0.717) is 0 Å². The average molecular weight is 310 g/mol. The summed E-state index contributed by atoms with van der Waals surface area (Å²) in [5, 5.41) is 0. The molecule has 0 aliphatic heterocycles. The van der Waals surface area contributed by atoms with Gasteiger partial charge in [0.2, 0.25) is 0 Å². The van der Waals surface area contributed by atoms with Crippen molar-refractivity contribution >= 4 is 0 Å². The second-order valence-corrected chi connectivity index (χ2v) is 5.26. The molecule has 0 saturated carbocycles. The van der Waals surface area contributed by atoms with E-state index in [9.17, 15) is 0 Å². The fourth-order valence-corrected chi connectivity index (χ4v) is 2.59. The molecule has 4 aromatic rings. The number of hydrogen-bond acceptors (Lipinski definition) is 4. The van der Waals surface area contributed by atoms with Gasteiger partial charge in [-0.2, -0.15) is 0 Å². The maximum atomic E-state index is 4.54. The first-order valence-electron chi connectivity index (χ1n) is 7.66. The molecule has 0 aromatic carbocycles. The highest BCUT2D eigenvalue weighted by Crippen LogP contribution is 2.29. The van der Waals surface area contributed by atoms with Gasteiger partial charge >= 0.3 is 0 Å². The van der Waals surface area contributed by atoms with E-state index < -0.39 is 0 Å². The third kappa shape index (κ3) is 2.77. The standard InChI is InChI=1S/C20H14N4/c1-3-10-21-17(7-1)15-9-13-23-19(14-15)20-16(6-5-12-24-20)18-8-2-4-11-22-18/h1-14H. The summed E-state index contributed by atoms with van der Waals surface area (Å²) in [5.74, 6) is 0. The van der Waals surface area contributed by atoms with Crippen molar-refractivity contribution in [3.8, 4) is 33.9 Å². The van der Waals surface area contributed by atoms with Crippen LogP contribution in [0.5, 0.6) is 0 Å². The Kier molecular flexibility index (Phi) is 3.78. The molecule has 24 heavy (non-hydrogen) atoms. The first kappa shape index (κ1) is 14.2. The summed E-state index contributed by atoms with van der Waals surface area (Å²) in [6, 6.07) is 19.6. The summed E-state index contributed by atoms with van der Waals surface area (Å²) in [6.45, 7) is 0. The Bertz CT molecular complexity index is 953. The second-order valence-electron chi connectivity index (χ2n) is 5.26. The second kappa shape index (κ2) is 6.38. The van der Waals surface area contributed by atoms with Crippen molar-refractivity contribution in [3.63, 3.8) is 0 Å². The number of rotatable bonds is 3. The van der Waals surface area contributed by atoms with Gasteiger partial charge in [0.05, 0.1) is 22.8 Å². The molecular weight excluding hydrogens is 296 g/mol. The molecule has 0 atom stereocenters. The van der Waals surface area contributed by atoms with Gasteiger partial charge < -0.3 is 0 Å². The Morgan fingerprint density at radius 2 is 1.21 bits per heavy atom. The van der Waals surface area contributed by atoms with Crippen molar-refractivity contribution in [3.05, 3.63) is 85.5 Å². The molecule has 0 spiro atoms. The van der Waals surface area contributed by atoms with Crippen LogP contribution in [0.1, 0.15) is 0 Å². The normalized spacial score (nSPS) is 10.5. The third-order valence-electron chi connectivity index (χ3n) is 3.71. The molecule has 4 heteroatoms. The van der Waals surface area contributed by atoms with E-state index in [2.05, 4.69) is 19.9 Å². The fraction of sp³-hybridized carbons (Fsp3) is 0. The minimum Gasteiger partial charge on any atom is -0.256 e. The van der Waals surface area contributed by atoms with Crippen LogP contribution in [-0.2, 0) is 0 Å². The molecule has 114 valence electrons. The molecule has 4 rings (SSSR count). The molecule has 0 radical (unpaired) electrons. The lowest BCUT2D eigenvalue weighted by molar-refractivity contribution is 1.23. The van der Waals surface area contributed by atoms with E-state index in [1.807, 2.05) is 60.7 Å². The minimum absolute atomic E-state index is 0.805. The van der Waals surface area contributed by atoms with Crippen LogP contribution in [0.25, 0.3) is 33.9 Å². The summed E-state index contributed by atoms with van der Waals surface area (Å²) >= 11 is 0. The molecule has 4 heterocycles. The van der Waals surface area contributed by atoms with Crippen LogP contribution in [0.3, 0.4) is 0 Å². The molecular formula is C20H14N4. The highest BCUT2D eigenvalue weighted by atomic mass is 14.8. The van der Waals surface area contributed by atoms with Crippen LogP contribution in [-0.4, -0.2) is 19.9 Å². The van der Waals surface area contributed by atoms with E-state index in [4.69, 9.17) is 0 Å². The zero-order chi connectivity index (χ0) is 16.2. The predicted molar refractivity (Wildman–Crippen MR) is 93.9 cm³/mol. The third-order valence-corrected chi connectivity index (χ3v) is 3.71. The Balaban J connectivity index is 1.84. The van der Waals surface area contributed by atoms with E-state index >= 15 is 0 Å². The Morgan fingerprint density at radius 3 is 1.96 bits per heavy atom. The van der Waals surface area contributed by atoms with Crippen LogP contribution < -0.4 is 0 Å². The quantitative estimate of drug-likeness (QED) is 0.567. The lowest BCUT2D eigenvalue weighted by Crippen LogP contribution is -1.93. The van der Waals surface area contributed by atoms with E-state index in [1.54, 1.807) is 24.8 Å². The molecule has 4 aromatic heterocycles. The van der Waals surface area contributed by atoms with Crippen LogP contribution in [0.4, 0.5) is 0 Å². The van der Waals surface area contributed by atoms with Crippen LogP contribution in [0.15, 0.2) is 85.5 Å².